The van der Waals surface area contributed by atoms with Gasteiger partial charge in [0, 0.05) is 11.7 Å². The standard InChI is InChI=1S/C19H22ClN3O3/c1-3-26-14-7-4-12(5-8-14)16-11-17(23-22-16)19(24)21-13-6-9-18(25-2)15(20)10-13/h4-10,16-17,22-23H,3,11H2,1-2H3,(H,21,24). The molecule has 3 N–H and O–H groups in total. The predicted molar refractivity (Wildman–Crippen MR) is 102 cm³/mol. The third-order valence-corrected chi connectivity index (χ3v) is 4.53. The third kappa shape index (κ3) is 4.27. The molecule has 1 fully saturated rings. The Morgan fingerprint density at radius 1 is 1.23 bits per heavy atom. The normalized spacial score (nSPS) is 19.2. The molecule has 2 aromatic rings. The van der Waals surface area contributed by atoms with E-state index in [4.69, 9.17) is 21.1 Å². The lowest BCUT2D eigenvalue weighted by Gasteiger charge is -2.12. The molecule has 0 aliphatic carbocycles. The van der Waals surface area contributed by atoms with Crippen LogP contribution < -0.4 is 25.6 Å². The zero-order valence-electron chi connectivity index (χ0n) is 14.7. The molecule has 1 saturated heterocycles. The van der Waals surface area contributed by atoms with Crippen LogP contribution in [0.3, 0.4) is 0 Å². The number of hydrogen-bond donors (Lipinski definition) is 3. The molecular formula is C19H22ClN3O3. The molecule has 0 aromatic heterocycles. The predicted octanol–water partition coefficient (Wildman–Crippen LogP) is 3.29. The summed E-state index contributed by atoms with van der Waals surface area (Å²) in [5, 5.41) is 3.33. The van der Waals surface area contributed by atoms with E-state index in [2.05, 4.69) is 16.2 Å². The Morgan fingerprint density at radius 2 is 2.00 bits per heavy atom. The highest BCUT2D eigenvalue weighted by molar-refractivity contribution is 6.32. The van der Waals surface area contributed by atoms with E-state index in [1.165, 1.54) is 0 Å². The Morgan fingerprint density at radius 3 is 2.65 bits per heavy atom. The maximum atomic E-state index is 12.5. The summed E-state index contributed by atoms with van der Waals surface area (Å²) in [6.07, 6.45) is 0.643. The number of rotatable bonds is 6. The van der Waals surface area contributed by atoms with Gasteiger partial charge in [-0.1, -0.05) is 23.7 Å². The van der Waals surface area contributed by atoms with Gasteiger partial charge in [-0.25, -0.2) is 10.9 Å². The largest absolute Gasteiger partial charge is 0.495 e. The third-order valence-electron chi connectivity index (χ3n) is 4.23. The van der Waals surface area contributed by atoms with Crippen LogP contribution in [-0.4, -0.2) is 25.7 Å². The smallest absolute Gasteiger partial charge is 0.242 e. The number of benzene rings is 2. The highest BCUT2D eigenvalue weighted by Crippen LogP contribution is 2.28. The monoisotopic (exact) mass is 375 g/mol. The van der Waals surface area contributed by atoms with Gasteiger partial charge in [0.25, 0.3) is 0 Å². The highest BCUT2D eigenvalue weighted by atomic mass is 35.5. The number of methoxy groups -OCH3 is 1. The summed E-state index contributed by atoms with van der Waals surface area (Å²) in [7, 11) is 1.55. The molecular weight excluding hydrogens is 354 g/mol. The fourth-order valence-corrected chi connectivity index (χ4v) is 3.14. The Labute approximate surface area is 157 Å². The van der Waals surface area contributed by atoms with Gasteiger partial charge < -0.3 is 14.8 Å². The van der Waals surface area contributed by atoms with Gasteiger partial charge in [-0.3, -0.25) is 4.79 Å². The van der Waals surface area contributed by atoms with Gasteiger partial charge in [-0.2, -0.15) is 0 Å². The average molecular weight is 376 g/mol. The lowest BCUT2D eigenvalue weighted by Crippen LogP contribution is -2.39. The minimum absolute atomic E-state index is 0.0564. The fraction of sp³-hybridized carbons (Fsp3) is 0.316. The van der Waals surface area contributed by atoms with Gasteiger partial charge >= 0.3 is 0 Å². The molecule has 6 nitrogen and oxygen atoms in total. The molecule has 1 heterocycles. The van der Waals surface area contributed by atoms with E-state index in [0.29, 0.717) is 29.5 Å². The van der Waals surface area contributed by atoms with Crippen molar-refractivity contribution in [2.24, 2.45) is 0 Å². The van der Waals surface area contributed by atoms with E-state index >= 15 is 0 Å². The van der Waals surface area contributed by atoms with Crippen molar-refractivity contribution in [1.29, 1.82) is 0 Å². The van der Waals surface area contributed by atoms with E-state index in [0.717, 1.165) is 11.3 Å². The first-order chi connectivity index (χ1) is 12.6. The first kappa shape index (κ1) is 18.5. The topological polar surface area (TPSA) is 71.6 Å². The quantitative estimate of drug-likeness (QED) is 0.722. The summed E-state index contributed by atoms with van der Waals surface area (Å²) in [5.41, 5.74) is 7.96. The number of carbonyl (C=O) groups is 1. The van der Waals surface area contributed by atoms with Crippen molar-refractivity contribution in [3.63, 3.8) is 0 Å². The minimum Gasteiger partial charge on any atom is -0.495 e. The second-order valence-electron chi connectivity index (χ2n) is 5.97. The summed E-state index contributed by atoms with van der Waals surface area (Å²) in [5.74, 6) is 1.29. The van der Waals surface area contributed by atoms with E-state index in [1.54, 1.807) is 25.3 Å². The molecule has 2 atom stereocenters. The van der Waals surface area contributed by atoms with Crippen molar-refractivity contribution in [3.05, 3.63) is 53.1 Å². The number of hydrazine groups is 1. The Hall–Kier alpha value is -2.28. The molecule has 0 radical (unpaired) electrons. The number of nitrogens with one attached hydrogen (secondary N) is 3. The molecule has 0 bridgehead atoms. The second kappa shape index (κ2) is 8.40. The minimum atomic E-state index is -0.340. The van der Waals surface area contributed by atoms with Gasteiger partial charge in [-0.15, -0.1) is 0 Å². The first-order valence-electron chi connectivity index (χ1n) is 8.49. The lowest BCUT2D eigenvalue weighted by atomic mass is 10.0. The van der Waals surface area contributed by atoms with Crippen molar-refractivity contribution < 1.29 is 14.3 Å². The molecule has 7 heteroatoms. The van der Waals surface area contributed by atoms with Gasteiger partial charge in [0.05, 0.1) is 18.7 Å². The van der Waals surface area contributed by atoms with Gasteiger partial charge in [0.2, 0.25) is 5.91 Å². The van der Waals surface area contributed by atoms with Crippen LogP contribution in [0.4, 0.5) is 5.69 Å². The SMILES string of the molecule is CCOc1ccc(C2CC(C(=O)Nc3ccc(OC)c(Cl)c3)NN2)cc1. The summed E-state index contributed by atoms with van der Waals surface area (Å²) in [6, 6.07) is 12.8. The molecule has 26 heavy (non-hydrogen) atoms. The number of anilines is 1. The van der Waals surface area contributed by atoms with Gasteiger partial charge in [-0.05, 0) is 49.2 Å². The maximum absolute atomic E-state index is 12.5. The van der Waals surface area contributed by atoms with Crippen molar-refractivity contribution in [1.82, 2.24) is 10.9 Å². The molecule has 1 aliphatic heterocycles. The molecule has 0 spiro atoms. The molecule has 1 aliphatic rings. The first-order valence-corrected chi connectivity index (χ1v) is 8.86. The van der Waals surface area contributed by atoms with Crippen LogP contribution in [0.1, 0.15) is 24.9 Å². The van der Waals surface area contributed by atoms with Crippen molar-refractivity contribution in [2.75, 3.05) is 19.0 Å². The number of amides is 1. The van der Waals surface area contributed by atoms with Crippen LogP contribution in [0.5, 0.6) is 11.5 Å². The summed E-state index contributed by atoms with van der Waals surface area (Å²) in [6.45, 7) is 2.59. The molecule has 1 amide bonds. The Kier molecular flexibility index (Phi) is 5.98. The maximum Gasteiger partial charge on any atom is 0.242 e. The van der Waals surface area contributed by atoms with Crippen LogP contribution in [0.25, 0.3) is 0 Å². The Bertz CT molecular complexity index is 767. The fourth-order valence-electron chi connectivity index (χ4n) is 2.88. The summed E-state index contributed by atoms with van der Waals surface area (Å²) in [4.78, 5) is 12.5. The summed E-state index contributed by atoms with van der Waals surface area (Å²) >= 11 is 6.10. The van der Waals surface area contributed by atoms with Crippen LogP contribution >= 0.6 is 11.6 Å². The van der Waals surface area contributed by atoms with E-state index in [-0.39, 0.29) is 18.0 Å². The zero-order valence-corrected chi connectivity index (χ0v) is 15.5. The van der Waals surface area contributed by atoms with Crippen LogP contribution in [0.15, 0.2) is 42.5 Å². The van der Waals surface area contributed by atoms with E-state index in [1.807, 2.05) is 31.2 Å². The van der Waals surface area contributed by atoms with E-state index < -0.39 is 0 Å². The average Bonchev–Trinajstić information content (AvgIpc) is 3.13. The molecule has 2 aromatic carbocycles. The lowest BCUT2D eigenvalue weighted by molar-refractivity contribution is -0.117. The second-order valence-corrected chi connectivity index (χ2v) is 6.38. The van der Waals surface area contributed by atoms with Crippen LogP contribution in [0.2, 0.25) is 5.02 Å². The molecule has 2 unspecified atom stereocenters. The number of hydrogen-bond acceptors (Lipinski definition) is 5. The highest BCUT2D eigenvalue weighted by Gasteiger charge is 2.30. The molecule has 0 saturated carbocycles. The molecule has 138 valence electrons. The van der Waals surface area contributed by atoms with E-state index in [9.17, 15) is 4.79 Å². The number of carbonyl (C=O) groups excluding carboxylic acids is 1. The zero-order chi connectivity index (χ0) is 18.5. The van der Waals surface area contributed by atoms with Crippen molar-refractivity contribution >= 4 is 23.2 Å². The van der Waals surface area contributed by atoms with Gasteiger partial charge in [0.1, 0.15) is 17.5 Å². The van der Waals surface area contributed by atoms with Crippen molar-refractivity contribution in [2.45, 2.75) is 25.4 Å². The van der Waals surface area contributed by atoms with Crippen LogP contribution in [-0.2, 0) is 4.79 Å². The van der Waals surface area contributed by atoms with Crippen LogP contribution in [0, 0.1) is 0 Å². The van der Waals surface area contributed by atoms with Gasteiger partial charge in [0.15, 0.2) is 0 Å². The Balaban J connectivity index is 1.59. The number of ether oxygens (including phenoxy) is 2. The number of halogens is 1. The molecule has 3 rings (SSSR count). The summed E-state index contributed by atoms with van der Waals surface area (Å²) < 4.78 is 10.6. The van der Waals surface area contributed by atoms with Crippen molar-refractivity contribution in [3.8, 4) is 11.5 Å².